The van der Waals surface area contributed by atoms with Gasteiger partial charge in [0, 0.05) is 24.7 Å². The Morgan fingerprint density at radius 1 is 1.28 bits per heavy atom. The minimum atomic E-state index is -0.466. The van der Waals surface area contributed by atoms with Crippen molar-refractivity contribution in [3.8, 4) is 6.07 Å². The van der Waals surface area contributed by atoms with E-state index < -0.39 is 10.8 Å². The number of nitro benzene ring substituents is 1. The molecule has 0 spiro atoms. The van der Waals surface area contributed by atoms with Crippen LogP contribution in [0.15, 0.2) is 29.6 Å². The summed E-state index contributed by atoms with van der Waals surface area (Å²) in [7, 11) is 0. The summed E-state index contributed by atoms with van der Waals surface area (Å²) in [5.74, 6) is -0.466. The first-order valence-corrected chi connectivity index (χ1v) is 8.80. The quantitative estimate of drug-likeness (QED) is 0.664. The van der Waals surface area contributed by atoms with Gasteiger partial charge >= 0.3 is 0 Å². The zero-order chi connectivity index (χ0) is 17.8. The summed E-state index contributed by atoms with van der Waals surface area (Å²) >= 11 is 1.24. The first kappa shape index (κ1) is 16.9. The van der Waals surface area contributed by atoms with E-state index in [1.54, 1.807) is 23.6 Å². The van der Waals surface area contributed by atoms with Gasteiger partial charge in [-0.1, -0.05) is 0 Å². The molecule has 0 radical (unpaired) electrons. The minimum Gasteiger partial charge on any atom is -0.366 e. The fourth-order valence-electron chi connectivity index (χ4n) is 2.88. The molecule has 1 N–H and O–H groups in total. The molecule has 2 heterocycles. The number of carbonyl (C=O) groups is 1. The van der Waals surface area contributed by atoms with Crippen LogP contribution < -0.4 is 10.2 Å². The molecule has 1 aliphatic rings. The number of amides is 1. The van der Waals surface area contributed by atoms with E-state index in [0.717, 1.165) is 32.4 Å². The summed E-state index contributed by atoms with van der Waals surface area (Å²) < 4.78 is 0. The van der Waals surface area contributed by atoms with Crippen LogP contribution in [0.1, 0.15) is 35.2 Å². The minimum absolute atomic E-state index is 0.0683. The highest BCUT2D eigenvalue weighted by Gasteiger charge is 2.23. The number of piperidine rings is 1. The van der Waals surface area contributed by atoms with Gasteiger partial charge in [0.05, 0.1) is 10.5 Å². The number of rotatable bonds is 4. The van der Waals surface area contributed by atoms with Crippen LogP contribution in [-0.2, 0) is 0 Å². The maximum atomic E-state index is 12.4. The lowest BCUT2D eigenvalue weighted by atomic mass is 10.1. The highest BCUT2D eigenvalue weighted by atomic mass is 32.1. The molecule has 0 bridgehead atoms. The van der Waals surface area contributed by atoms with Crippen LogP contribution in [0.3, 0.4) is 0 Å². The number of benzene rings is 1. The van der Waals surface area contributed by atoms with Crippen LogP contribution >= 0.6 is 11.3 Å². The number of anilines is 2. The molecule has 0 unspecified atom stereocenters. The van der Waals surface area contributed by atoms with Crippen LogP contribution in [-0.4, -0.2) is 23.9 Å². The summed E-state index contributed by atoms with van der Waals surface area (Å²) in [5.41, 5.74) is 1.05. The van der Waals surface area contributed by atoms with Gasteiger partial charge in [0.2, 0.25) is 0 Å². The number of hydrogen-bond acceptors (Lipinski definition) is 6. The van der Waals surface area contributed by atoms with E-state index in [0.29, 0.717) is 16.3 Å². The van der Waals surface area contributed by atoms with E-state index in [4.69, 9.17) is 5.26 Å². The normalized spacial score (nSPS) is 14.0. The van der Waals surface area contributed by atoms with Gasteiger partial charge in [-0.3, -0.25) is 14.9 Å². The number of thiophene rings is 1. The topological polar surface area (TPSA) is 99.3 Å². The standard InChI is InChI=1S/C17H16N4O3S/c18-11-13-6-9-25-17(13)19-16(22)12-4-5-14(15(10-12)21(23)24)20-7-2-1-3-8-20/h4-6,9-10H,1-3,7-8H2,(H,19,22). The van der Waals surface area contributed by atoms with E-state index in [9.17, 15) is 14.9 Å². The lowest BCUT2D eigenvalue weighted by Crippen LogP contribution is -2.30. The Morgan fingerprint density at radius 3 is 2.72 bits per heavy atom. The first-order valence-electron chi connectivity index (χ1n) is 7.92. The fraction of sp³-hybridized carbons (Fsp3) is 0.294. The zero-order valence-corrected chi connectivity index (χ0v) is 14.2. The van der Waals surface area contributed by atoms with Gasteiger partial charge in [-0.2, -0.15) is 5.26 Å². The van der Waals surface area contributed by atoms with Gasteiger partial charge in [0.1, 0.15) is 16.8 Å². The first-order chi connectivity index (χ1) is 12.1. The summed E-state index contributed by atoms with van der Waals surface area (Å²) in [6.45, 7) is 1.57. The van der Waals surface area contributed by atoms with Gasteiger partial charge in [0.15, 0.2) is 0 Å². The average Bonchev–Trinajstić information content (AvgIpc) is 3.09. The Hall–Kier alpha value is -2.92. The number of hydrogen-bond donors (Lipinski definition) is 1. The highest BCUT2D eigenvalue weighted by molar-refractivity contribution is 7.14. The SMILES string of the molecule is N#Cc1ccsc1NC(=O)c1ccc(N2CCCCC2)c([N+](=O)[O-])c1. The number of carbonyl (C=O) groups excluding carboxylic acids is 1. The Kier molecular flexibility index (Phi) is 4.95. The molecule has 0 atom stereocenters. The Balaban J connectivity index is 1.87. The Bertz CT molecular complexity index is 850. The van der Waals surface area contributed by atoms with E-state index in [1.807, 2.05) is 11.0 Å². The Labute approximate surface area is 148 Å². The van der Waals surface area contributed by atoms with Crippen molar-refractivity contribution in [2.45, 2.75) is 19.3 Å². The number of nitro groups is 1. The average molecular weight is 356 g/mol. The molecule has 1 aromatic carbocycles. The predicted molar refractivity (Wildman–Crippen MR) is 96.1 cm³/mol. The van der Waals surface area contributed by atoms with Crippen molar-refractivity contribution < 1.29 is 9.72 Å². The van der Waals surface area contributed by atoms with Crippen LogP contribution in [0, 0.1) is 21.4 Å². The van der Waals surface area contributed by atoms with Crippen LogP contribution in [0.5, 0.6) is 0 Å². The molecule has 128 valence electrons. The maximum absolute atomic E-state index is 12.4. The molecular weight excluding hydrogens is 340 g/mol. The highest BCUT2D eigenvalue weighted by Crippen LogP contribution is 2.32. The van der Waals surface area contributed by atoms with Crippen LogP contribution in [0.25, 0.3) is 0 Å². The molecule has 3 rings (SSSR count). The second-order valence-electron chi connectivity index (χ2n) is 5.74. The van der Waals surface area contributed by atoms with E-state index in [-0.39, 0.29) is 11.3 Å². The molecule has 8 heteroatoms. The lowest BCUT2D eigenvalue weighted by Gasteiger charge is -2.28. The monoisotopic (exact) mass is 356 g/mol. The van der Waals surface area contributed by atoms with Gasteiger partial charge in [-0.05, 0) is 42.8 Å². The second-order valence-corrected chi connectivity index (χ2v) is 6.65. The third-order valence-corrected chi connectivity index (χ3v) is 4.97. The third-order valence-electron chi connectivity index (χ3n) is 4.14. The van der Waals surface area contributed by atoms with E-state index >= 15 is 0 Å². The van der Waals surface area contributed by atoms with E-state index in [1.165, 1.54) is 17.4 Å². The zero-order valence-electron chi connectivity index (χ0n) is 13.4. The van der Waals surface area contributed by atoms with Crippen molar-refractivity contribution in [2.24, 2.45) is 0 Å². The molecule has 1 saturated heterocycles. The molecule has 1 aliphatic heterocycles. The lowest BCUT2D eigenvalue weighted by molar-refractivity contribution is -0.384. The van der Waals surface area contributed by atoms with Crippen molar-refractivity contribution in [1.82, 2.24) is 0 Å². The van der Waals surface area contributed by atoms with Crippen molar-refractivity contribution in [3.05, 3.63) is 50.9 Å². The molecule has 1 fully saturated rings. The van der Waals surface area contributed by atoms with Gasteiger partial charge < -0.3 is 10.2 Å². The van der Waals surface area contributed by atoms with Crippen LogP contribution in [0.4, 0.5) is 16.4 Å². The summed E-state index contributed by atoms with van der Waals surface area (Å²) in [5, 5.41) is 25.2. The molecule has 1 amide bonds. The van der Waals surface area contributed by atoms with E-state index in [2.05, 4.69) is 5.32 Å². The maximum Gasteiger partial charge on any atom is 0.293 e. The van der Waals surface area contributed by atoms with Crippen molar-refractivity contribution >= 4 is 33.6 Å². The molecule has 0 aliphatic carbocycles. The fourth-order valence-corrected chi connectivity index (χ4v) is 3.62. The summed E-state index contributed by atoms with van der Waals surface area (Å²) in [4.78, 5) is 25.4. The smallest absolute Gasteiger partial charge is 0.293 e. The van der Waals surface area contributed by atoms with Crippen molar-refractivity contribution in [1.29, 1.82) is 5.26 Å². The predicted octanol–water partition coefficient (Wildman–Crippen LogP) is 3.77. The largest absolute Gasteiger partial charge is 0.366 e. The molecule has 25 heavy (non-hydrogen) atoms. The van der Waals surface area contributed by atoms with Crippen molar-refractivity contribution in [3.63, 3.8) is 0 Å². The summed E-state index contributed by atoms with van der Waals surface area (Å²) in [6.07, 6.45) is 3.15. The van der Waals surface area contributed by atoms with Gasteiger partial charge in [-0.15, -0.1) is 11.3 Å². The van der Waals surface area contributed by atoms with Crippen LogP contribution in [0.2, 0.25) is 0 Å². The van der Waals surface area contributed by atoms with Crippen molar-refractivity contribution in [2.75, 3.05) is 23.3 Å². The second kappa shape index (κ2) is 7.32. The van der Waals surface area contributed by atoms with Gasteiger partial charge in [-0.25, -0.2) is 0 Å². The number of nitriles is 1. The molecule has 0 saturated carbocycles. The molecule has 1 aromatic heterocycles. The number of nitrogens with one attached hydrogen (secondary N) is 1. The summed E-state index contributed by atoms with van der Waals surface area (Å²) in [6, 6.07) is 8.14. The Morgan fingerprint density at radius 2 is 2.04 bits per heavy atom. The molecular formula is C17H16N4O3S. The van der Waals surface area contributed by atoms with Gasteiger partial charge in [0.25, 0.3) is 11.6 Å². The molecule has 2 aromatic rings. The number of nitrogens with zero attached hydrogens (tertiary/aromatic N) is 3. The third kappa shape index (κ3) is 3.61. The molecule has 7 nitrogen and oxygen atoms in total.